The molecule has 1 N–H and O–H groups in total. The van der Waals surface area contributed by atoms with Gasteiger partial charge in [0, 0.05) is 20.6 Å². The number of hydrogen-bond donors (Lipinski definition) is 1. The third-order valence-corrected chi connectivity index (χ3v) is 6.14. The van der Waals surface area contributed by atoms with Gasteiger partial charge < -0.3 is 10.1 Å². The fourth-order valence-corrected chi connectivity index (χ4v) is 4.42. The normalized spacial score (nSPS) is 10.9. The first kappa shape index (κ1) is 17.9. The molecule has 0 spiro atoms. The molecule has 0 aliphatic rings. The number of hydrogen-bond acceptors (Lipinski definition) is 5. The number of halogens is 1. The number of ether oxygens (including phenoxy) is 1. The average molecular weight is 440 g/mol. The quantitative estimate of drug-likeness (QED) is 0.388. The van der Waals surface area contributed by atoms with E-state index in [2.05, 4.69) is 62.4 Å². The SMILES string of the molecule is CCc1sc2ncnc(Nc3ccc(OC)cc3)c2c1-c1ccc(Br)cc1. The van der Waals surface area contributed by atoms with Crippen molar-refractivity contribution in [2.75, 3.05) is 12.4 Å². The van der Waals surface area contributed by atoms with Gasteiger partial charge in [-0.25, -0.2) is 9.97 Å². The highest BCUT2D eigenvalue weighted by Gasteiger charge is 2.18. The van der Waals surface area contributed by atoms with E-state index in [0.29, 0.717) is 0 Å². The van der Waals surface area contributed by atoms with Gasteiger partial charge in [0.1, 0.15) is 22.7 Å². The van der Waals surface area contributed by atoms with E-state index in [1.165, 1.54) is 16.0 Å². The molecule has 4 nitrogen and oxygen atoms in total. The van der Waals surface area contributed by atoms with Crippen LogP contribution in [0.15, 0.2) is 59.3 Å². The van der Waals surface area contributed by atoms with Gasteiger partial charge in [-0.2, -0.15) is 0 Å². The monoisotopic (exact) mass is 439 g/mol. The Morgan fingerprint density at radius 2 is 1.78 bits per heavy atom. The second-order valence-corrected chi connectivity index (χ2v) is 8.02. The predicted molar refractivity (Wildman–Crippen MR) is 116 cm³/mol. The molecule has 2 aromatic heterocycles. The predicted octanol–water partition coefficient (Wildman–Crippen LogP) is 6.44. The Kier molecular flexibility index (Phi) is 5.09. The molecular formula is C21H18BrN3OS. The van der Waals surface area contributed by atoms with E-state index < -0.39 is 0 Å². The molecule has 0 saturated heterocycles. The Bertz CT molecular complexity index is 1080. The molecule has 0 unspecified atom stereocenters. The van der Waals surface area contributed by atoms with Crippen molar-refractivity contribution in [3.8, 4) is 16.9 Å². The van der Waals surface area contributed by atoms with E-state index in [0.717, 1.165) is 38.4 Å². The Morgan fingerprint density at radius 3 is 2.44 bits per heavy atom. The average Bonchev–Trinajstić information content (AvgIpc) is 3.09. The fraction of sp³-hybridized carbons (Fsp3) is 0.143. The maximum atomic E-state index is 5.24. The zero-order chi connectivity index (χ0) is 18.8. The van der Waals surface area contributed by atoms with Crippen molar-refractivity contribution in [2.45, 2.75) is 13.3 Å². The maximum Gasteiger partial charge on any atom is 0.143 e. The number of anilines is 2. The van der Waals surface area contributed by atoms with Crippen LogP contribution in [0.25, 0.3) is 21.3 Å². The first-order valence-electron chi connectivity index (χ1n) is 8.63. The van der Waals surface area contributed by atoms with Crippen LogP contribution in [-0.4, -0.2) is 17.1 Å². The van der Waals surface area contributed by atoms with Crippen molar-refractivity contribution < 1.29 is 4.74 Å². The van der Waals surface area contributed by atoms with Gasteiger partial charge >= 0.3 is 0 Å². The lowest BCUT2D eigenvalue weighted by molar-refractivity contribution is 0.415. The molecule has 0 amide bonds. The number of rotatable bonds is 5. The van der Waals surface area contributed by atoms with Gasteiger partial charge in [0.2, 0.25) is 0 Å². The number of nitrogens with one attached hydrogen (secondary N) is 1. The molecule has 4 rings (SSSR count). The number of fused-ring (bicyclic) bond motifs is 1. The highest BCUT2D eigenvalue weighted by Crippen LogP contribution is 2.42. The maximum absolute atomic E-state index is 5.24. The van der Waals surface area contributed by atoms with E-state index in [-0.39, 0.29) is 0 Å². The number of thiophene rings is 1. The second kappa shape index (κ2) is 7.66. The molecule has 0 atom stereocenters. The minimum atomic E-state index is 0.819. The van der Waals surface area contributed by atoms with Crippen LogP contribution in [0.4, 0.5) is 11.5 Å². The van der Waals surface area contributed by atoms with Crippen LogP contribution in [-0.2, 0) is 6.42 Å². The standard InChI is InChI=1S/C21H18BrN3OS/c1-3-17-18(13-4-6-14(22)7-5-13)19-20(23-12-24-21(19)27-17)25-15-8-10-16(26-2)11-9-15/h4-12H,3H2,1-2H3,(H,23,24,25). The van der Waals surface area contributed by atoms with Gasteiger partial charge in [0.25, 0.3) is 0 Å². The molecule has 6 heteroatoms. The van der Waals surface area contributed by atoms with Crippen LogP contribution in [0.5, 0.6) is 5.75 Å². The molecule has 0 aliphatic heterocycles. The Labute approximate surface area is 170 Å². The zero-order valence-electron chi connectivity index (χ0n) is 15.0. The fourth-order valence-electron chi connectivity index (χ4n) is 3.06. The van der Waals surface area contributed by atoms with Crippen LogP contribution >= 0.6 is 27.3 Å². The van der Waals surface area contributed by atoms with E-state index in [4.69, 9.17) is 4.74 Å². The summed E-state index contributed by atoms with van der Waals surface area (Å²) in [4.78, 5) is 11.4. The van der Waals surface area contributed by atoms with Crippen molar-refractivity contribution in [1.82, 2.24) is 9.97 Å². The minimum absolute atomic E-state index is 0.819. The highest BCUT2D eigenvalue weighted by atomic mass is 79.9. The first-order chi connectivity index (χ1) is 13.2. The molecule has 2 aromatic carbocycles. The van der Waals surface area contributed by atoms with Gasteiger partial charge in [0.15, 0.2) is 0 Å². The number of methoxy groups -OCH3 is 1. The molecule has 4 aromatic rings. The van der Waals surface area contributed by atoms with Crippen LogP contribution in [0, 0.1) is 0 Å². The Balaban J connectivity index is 1.85. The summed E-state index contributed by atoms with van der Waals surface area (Å²) >= 11 is 5.25. The number of aromatic nitrogens is 2. The van der Waals surface area contributed by atoms with E-state index >= 15 is 0 Å². The molecule has 0 bridgehead atoms. The van der Waals surface area contributed by atoms with Crippen LogP contribution < -0.4 is 10.1 Å². The van der Waals surface area contributed by atoms with Crippen LogP contribution in [0.3, 0.4) is 0 Å². The van der Waals surface area contributed by atoms with Gasteiger partial charge in [-0.15, -0.1) is 11.3 Å². The van der Waals surface area contributed by atoms with E-state index in [1.54, 1.807) is 24.8 Å². The summed E-state index contributed by atoms with van der Waals surface area (Å²) in [7, 11) is 1.67. The smallest absolute Gasteiger partial charge is 0.143 e. The Hall–Kier alpha value is -2.44. The Morgan fingerprint density at radius 1 is 1.04 bits per heavy atom. The molecule has 0 aliphatic carbocycles. The largest absolute Gasteiger partial charge is 0.497 e. The van der Waals surface area contributed by atoms with Crippen molar-refractivity contribution in [3.05, 3.63) is 64.2 Å². The summed E-state index contributed by atoms with van der Waals surface area (Å²) in [6.07, 6.45) is 2.57. The van der Waals surface area contributed by atoms with Gasteiger partial charge in [-0.05, 0) is 48.4 Å². The summed E-state index contributed by atoms with van der Waals surface area (Å²) in [5.74, 6) is 1.65. The third-order valence-electron chi connectivity index (χ3n) is 4.37. The molecular weight excluding hydrogens is 422 g/mol. The summed E-state index contributed by atoms with van der Waals surface area (Å²) in [5.41, 5.74) is 3.34. The van der Waals surface area contributed by atoms with Gasteiger partial charge in [0.05, 0.1) is 12.5 Å². The zero-order valence-corrected chi connectivity index (χ0v) is 17.4. The lowest BCUT2D eigenvalue weighted by Gasteiger charge is -2.10. The van der Waals surface area contributed by atoms with Crippen molar-refractivity contribution in [2.24, 2.45) is 0 Å². The summed E-state index contributed by atoms with van der Waals surface area (Å²) < 4.78 is 6.30. The topological polar surface area (TPSA) is 47.0 Å². The summed E-state index contributed by atoms with van der Waals surface area (Å²) in [5, 5.41) is 4.52. The third kappa shape index (κ3) is 3.55. The lowest BCUT2D eigenvalue weighted by Crippen LogP contribution is -1.96. The number of benzene rings is 2. The van der Waals surface area contributed by atoms with E-state index in [9.17, 15) is 0 Å². The first-order valence-corrected chi connectivity index (χ1v) is 10.2. The minimum Gasteiger partial charge on any atom is -0.497 e. The molecule has 27 heavy (non-hydrogen) atoms. The molecule has 0 radical (unpaired) electrons. The highest BCUT2D eigenvalue weighted by molar-refractivity contribution is 9.10. The van der Waals surface area contributed by atoms with Crippen molar-refractivity contribution in [1.29, 1.82) is 0 Å². The lowest BCUT2D eigenvalue weighted by atomic mass is 10.0. The van der Waals surface area contributed by atoms with Crippen molar-refractivity contribution >= 4 is 49.0 Å². The van der Waals surface area contributed by atoms with Gasteiger partial charge in [-0.3, -0.25) is 0 Å². The van der Waals surface area contributed by atoms with E-state index in [1.807, 2.05) is 24.3 Å². The van der Waals surface area contributed by atoms with Crippen LogP contribution in [0.2, 0.25) is 0 Å². The second-order valence-electron chi connectivity index (χ2n) is 6.02. The van der Waals surface area contributed by atoms with Gasteiger partial charge in [-0.1, -0.05) is 35.0 Å². The molecule has 0 saturated carbocycles. The molecule has 2 heterocycles. The molecule has 0 fully saturated rings. The molecule has 136 valence electrons. The number of aryl methyl sites for hydroxylation is 1. The van der Waals surface area contributed by atoms with Crippen molar-refractivity contribution in [3.63, 3.8) is 0 Å². The summed E-state index contributed by atoms with van der Waals surface area (Å²) in [6.45, 7) is 2.18. The summed E-state index contributed by atoms with van der Waals surface area (Å²) in [6, 6.07) is 16.2. The number of nitrogens with zero attached hydrogens (tertiary/aromatic N) is 2. The van der Waals surface area contributed by atoms with Crippen LogP contribution in [0.1, 0.15) is 11.8 Å².